The largest absolute Gasteiger partial charge is 0.417 e. The zero-order valence-electron chi connectivity index (χ0n) is 12.7. The highest BCUT2D eigenvalue weighted by Crippen LogP contribution is 2.37. The molecular weight excluding hydrogens is 369 g/mol. The second-order valence-corrected chi connectivity index (χ2v) is 7.77. The van der Waals surface area contributed by atoms with Crippen molar-refractivity contribution in [3.63, 3.8) is 0 Å². The lowest BCUT2D eigenvalue weighted by molar-refractivity contribution is -0.139. The van der Waals surface area contributed by atoms with Gasteiger partial charge < -0.3 is 5.32 Å². The lowest BCUT2D eigenvalue weighted by Gasteiger charge is -2.31. The highest BCUT2D eigenvalue weighted by Gasteiger charge is 2.40. The van der Waals surface area contributed by atoms with Gasteiger partial charge in [-0.25, -0.2) is 8.42 Å². The molecule has 0 radical (unpaired) electrons. The van der Waals surface area contributed by atoms with Crippen LogP contribution < -0.4 is 5.32 Å². The predicted molar refractivity (Wildman–Crippen MR) is 82.0 cm³/mol. The number of amides is 1. The van der Waals surface area contributed by atoms with Crippen LogP contribution in [0.1, 0.15) is 18.4 Å². The summed E-state index contributed by atoms with van der Waals surface area (Å²) in [6.07, 6.45) is -4.32. The molecule has 0 aromatic heterocycles. The molecule has 1 amide bonds. The van der Waals surface area contributed by atoms with Gasteiger partial charge in [-0.05, 0) is 31.0 Å². The Morgan fingerprint density at radius 2 is 1.88 bits per heavy atom. The summed E-state index contributed by atoms with van der Waals surface area (Å²) < 4.78 is 65.6. The standard InChI is InChI=1S/C14H16ClF3N2O3S/c1-19-13(21)9-4-6-20(7-5-9)24(22,23)12-3-2-10(15)8-11(12)14(16,17)18/h2-3,8-9H,4-7H2,1H3,(H,19,21). The Morgan fingerprint density at radius 3 is 2.38 bits per heavy atom. The van der Waals surface area contributed by atoms with Crippen LogP contribution in [0.25, 0.3) is 0 Å². The number of rotatable bonds is 3. The molecule has 0 bridgehead atoms. The van der Waals surface area contributed by atoms with Gasteiger partial charge in [0.25, 0.3) is 0 Å². The molecule has 1 saturated heterocycles. The topological polar surface area (TPSA) is 66.5 Å². The molecule has 134 valence electrons. The van der Waals surface area contributed by atoms with E-state index in [0.29, 0.717) is 6.07 Å². The van der Waals surface area contributed by atoms with Crippen LogP contribution >= 0.6 is 11.6 Å². The minimum atomic E-state index is -4.84. The minimum Gasteiger partial charge on any atom is -0.359 e. The molecule has 0 saturated carbocycles. The molecule has 0 spiro atoms. The first kappa shape index (κ1) is 19.0. The number of sulfonamides is 1. The average Bonchev–Trinajstić information content (AvgIpc) is 2.53. The number of halogens is 4. The van der Waals surface area contributed by atoms with Gasteiger partial charge >= 0.3 is 6.18 Å². The molecule has 1 fully saturated rings. The third kappa shape index (κ3) is 3.84. The van der Waals surface area contributed by atoms with Crippen LogP contribution in [0.2, 0.25) is 5.02 Å². The van der Waals surface area contributed by atoms with E-state index in [4.69, 9.17) is 11.6 Å². The first-order chi connectivity index (χ1) is 11.1. The van der Waals surface area contributed by atoms with E-state index in [-0.39, 0.29) is 42.8 Å². The summed E-state index contributed by atoms with van der Waals surface area (Å²) in [5.41, 5.74) is -1.29. The van der Waals surface area contributed by atoms with E-state index in [1.54, 1.807) is 0 Å². The highest BCUT2D eigenvalue weighted by atomic mass is 35.5. The Bertz CT molecular complexity index is 729. The van der Waals surface area contributed by atoms with E-state index in [1.807, 2.05) is 0 Å². The van der Waals surface area contributed by atoms with Gasteiger partial charge in [-0.2, -0.15) is 17.5 Å². The van der Waals surface area contributed by atoms with Crippen LogP contribution in [0.5, 0.6) is 0 Å². The van der Waals surface area contributed by atoms with Gasteiger partial charge in [-0.15, -0.1) is 0 Å². The lowest BCUT2D eigenvalue weighted by atomic mass is 9.97. The summed E-state index contributed by atoms with van der Waals surface area (Å²) in [7, 11) is -2.84. The van der Waals surface area contributed by atoms with Crippen molar-refractivity contribution in [2.24, 2.45) is 5.92 Å². The summed E-state index contributed by atoms with van der Waals surface area (Å²) in [6, 6.07) is 2.58. The Morgan fingerprint density at radius 1 is 1.29 bits per heavy atom. The predicted octanol–water partition coefficient (Wildman–Crippen LogP) is 2.51. The normalized spacial score (nSPS) is 17.7. The summed E-state index contributed by atoms with van der Waals surface area (Å²) >= 11 is 5.58. The fourth-order valence-corrected chi connectivity index (χ4v) is 4.48. The molecule has 2 rings (SSSR count). The van der Waals surface area contributed by atoms with Crippen molar-refractivity contribution in [2.75, 3.05) is 20.1 Å². The Labute approximate surface area is 142 Å². The van der Waals surface area contributed by atoms with Gasteiger partial charge in [0.05, 0.1) is 10.5 Å². The third-order valence-electron chi connectivity index (χ3n) is 3.94. The van der Waals surface area contributed by atoms with E-state index in [9.17, 15) is 26.4 Å². The molecule has 1 aromatic rings. The van der Waals surface area contributed by atoms with Gasteiger partial charge in [-0.3, -0.25) is 4.79 Å². The van der Waals surface area contributed by atoms with Crippen molar-refractivity contribution in [2.45, 2.75) is 23.9 Å². The van der Waals surface area contributed by atoms with E-state index in [2.05, 4.69) is 5.32 Å². The van der Waals surface area contributed by atoms with Gasteiger partial charge in [0.15, 0.2) is 0 Å². The molecule has 0 atom stereocenters. The van der Waals surface area contributed by atoms with Crippen molar-refractivity contribution >= 4 is 27.5 Å². The lowest BCUT2D eigenvalue weighted by Crippen LogP contribution is -2.42. The summed E-state index contributed by atoms with van der Waals surface area (Å²) in [5.74, 6) is -0.539. The van der Waals surface area contributed by atoms with E-state index >= 15 is 0 Å². The van der Waals surface area contributed by atoms with Crippen LogP contribution in [0.15, 0.2) is 23.1 Å². The molecule has 1 N–H and O–H groups in total. The van der Waals surface area contributed by atoms with Crippen LogP contribution in [0.3, 0.4) is 0 Å². The summed E-state index contributed by atoms with van der Waals surface area (Å²) in [4.78, 5) is 10.8. The first-order valence-electron chi connectivity index (χ1n) is 7.16. The molecule has 0 unspecified atom stereocenters. The van der Waals surface area contributed by atoms with E-state index < -0.39 is 26.7 Å². The number of carbonyl (C=O) groups is 1. The Kier molecular flexibility index (Phi) is 5.46. The Hall–Kier alpha value is -1.32. The van der Waals surface area contributed by atoms with Crippen LogP contribution in [-0.4, -0.2) is 38.8 Å². The molecule has 1 heterocycles. The first-order valence-corrected chi connectivity index (χ1v) is 8.97. The van der Waals surface area contributed by atoms with Crippen LogP contribution in [0.4, 0.5) is 13.2 Å². The van der Waals surface area contributed by atoms with E-state index in [0.717, 1.165) is 16.4 Å². The van der Waals surface area contributed by atoms with Crippen molar-refractivity contribution in [3.05, 3.63) is 28.8 Å². The number of nitrogens with zero attached hydrogens (tertiary/aromatic N) is 1. The highest BCUT2D eigenvalue weighted by molar-refractivity contribution is 7.89. The number of carbonyl (C=O) groups excluding carboxylic acids is 1. The van der Waals surface area contributed by atoms with Crippen LogP contribution in [-0.2, 0) is 21.0 Å². The van der Waals surface area contributed by atoms with Crippen molar-refractivity contribution in [3.8, 4) is 0 Å². The fourth-order valence-electron chi connectivity index (χ4n) is 2.65. The molecule has 10 heteroatoms. The third-order valence-corrected chi connectivity index (χ3v) is 6.13. The fraction of sp³-hybridized carbons (Fsp3) is 0.500. The molecule has 5 nitrogen and oxygen atoms in total. The second kappa shape index (κ2) is 6.89. The maximum Gasteiger partial charge on any atom is 0.417 e. The molecule has 0 aliphatic carbocycles. The average molecular weight is 385 g/mol. The number of alkyl halides is 3. The Balaban J connectivity index is 2.31. The number of piperidine rings is 1. The van der Waals surface area contributed by atoms with Gasteiger partial charge in [-0.1, -0.05) is 11.6 Å². The zero-order chi connectivity index (χ0) is 18.1. The molecule has 1 aliphatic heterocycles. The quantitative estimate of drug-likeness (QED) is 0.870. The van der Waals surface area contributed by atoms with Crippen molar-refractivity contribution in [1.29, 1.82) is 0 Å². The maximum atomic E-state index is 13.1. The number of nitrogens with one attached hydrogen (secondary N) is 1. The van der Waals surface area contributed by atoms with Crippen molar-refractivity contribution in [1.82, 2.24) is 9.62 Å². The zero-order valence-corrected chi connectivity index (χ0v) is 14.3. The monoisotopic (exact) mass is 384 g/mol. The van der Waals surface area contributed by atoms with E-state index in [1.165, 1.54) is 7.05 Å². The van der Waals surface area contributed by atoms with Gasteiger partial charge in [0, 0.05) is 31.1 Å². The molecule has 24 heavy (non-hydrogen) atoms. The second-order valence-electron chi connectivity index (χ2n) is 5.43. The molecular formula is C14H16ClF3N2O3S. The number of hydrogen-bond acceptors (Lipinski definition) is 3. The summed E-state index contributed by atoms with van der Waals surface area (Å²) in [5, 5.41) is 2.29. The molecule has 1 aliphatic rings. The van der Waals surface area contributed by atoms with Gasteiger partial charge in [0.2, 0.25) is 15.9 Å². The SMILES string of the molecule is CNC(=O)C1CCN(S(=O)(=O)c2ccc(Cl)cc2C(F)(F)F)CC1. The van der Waals surface area contributed by atoms with Crippen molar-refractivity contribution < 1.29 is 26.4 Å². The van der Waals surface area contributed by atoms with Gasteiger partial charge in [0.1, 0.15) is 0 Å². The number of benzene rings is 1. The summed E-state index contributed by atoms with van der Waals surface area (Å²) in [6.45, 7) is -0.0271. The number of hydrogen-bond donors (Lipinski definition) is 1. The maximum absolute atomic E-state index is 13.1. The van der Waals surface area contributed by atoms with Crippen LogP contribution in [0, 0.1) is 5.92 Å². The minimum absolute atomic E-state index is 0.0135. The molecule has 1 aromatic carbocycles. The smallest absolute Gasteiger partial charge is 0.359 e.